The highest BCUT2D eigenvalue weighted by Gasteiger charge is 2.39. The lowest BCUT2D eigenvalue weighted by molar-refractivity contribution is 0.276. The van der Waals surface area contributed by atoms with E-state index in [9.17, 15) is 13.5 Å². The number of rotatable bonds is 3. The van der Waals surface area contributed by atoms with Crippen molar-refractivity contribution in [2.75, 3.05) is 6.54 Å². The van der Waals surface area contributed by atoms with Crippen molar-refractivity contribution in [3.05, 3.63) is 17.1 Å². The minimum atomic E-state index is -3.59. The summed E-state index contributed by atoms with van der Waals surface area (Å²) in [5.74, 6) is 1.18. The molecule has 1 aromatic heterocycles. The second-order valence-electron chi connectivity index (χ2n) is 5.44. The van der Waals surface area contributed by atoms with Crippen LogP contribution in [0.25, 0.3) is 0 Å². The molecule has 2 atom stereocenters. The van der Waals surface area contributed by atoms with E-state index in [1.165, 1.54) is 4.31 Å². The second kappa shape index (κ2) is 4.92. The number of aliphatic hydroxyl groups excluding tert-OH is 1. The number of aryl methyl sites for hydroxylation is 2. The lowest BCUT2D eigenvalue weighted by Crippen LogP contribution is -2.34. The van der Waals surface area contributed by atoms with E-state index in [0.29, 0.717) is 29.5 Å². The van der Waals surface area contributed by atoms with Crippen LogP contribution in [0.4, 0.5) is 0 Å². The molecule has 1 N–H and O–H groups in total. The summed E-state index contributed by atoms with van der Waals surface area (Å²) in [7, 11) is -3.59. The maximum atomic E-state index is 12.8. The normalized spacial score (nSPS) is 25.1. The Morgan fingerprint density at radius 3 is 2.42 bits per heavy atom. The molecule has 1 aliphatic rings. The van der Waals surface area contributed by atoms with Crippen molar-refractivity contribution in [3.8, 4) is 0 Å². The van der Waals surface area contributed by atoms with Crippen LogP contribution in [-0.2, 0) is 16.6 Å². The van der Waals surface area contributed by atoms with Gasteiger partial charge in [0.2, 0.25) is 10.0 Å². The van der Waals surface area contributed by atoms with Gasteiger partial charge in [-0.15, -0.1) is 0 Å². The first-order chi connectivity index (χ1) is 8.78. The van der Waals surface area contributed by atoms with Crippen LogP contribution < -0.4 is 0 Å². The third-order valence-corrected chi connectivity index (χ3v) is 5.95. The zero-order valence-electron chi connectivity index (χ0n) is 11.8. The largest absolute Gasteiger partial charge is 0.465 e. The Kier molecular flexibility index (Phi) is 3.77. The van der Waals surface area contributed by atoms with Crippen LogP contribution >= 0.6 is 0 Å². The van der Waals surface area contributed by atoms with Gasteiger partial charge in [0.15, 0.2) is 0 Å². The van der Waals surface area contributed by atoms with Crippen LogP contribution in [0.1, 0.15) is 37.4 Å². The quantitative estimate of drug-likeness (QED) is 0.920. The number of hydrogen-bond donors (Lipinski definition) is 1. The molecule has 0 radical (unpaired) electrons. The molecule has 19 heavy (non-hydrogen) atoms. The Hall–Kier alpha value is -0.850. The molecule has 5 nitrogen and oxygen atoms in total. The van der Waals surface area contributed by atoms with Gasteiger partial charge >= 0.3 is 0 Å². The molecule has 2 unspecified atom stereocenters. The zero-order chi connectivity index (χ0) is 14.4. The number of sulfonamides is 1. The number of furan rings is 1. The van der Waals surface area contributed by atoms with Gasteiger partial charge in [-0.25, -0.2) is 8.42 Å². The van der Waals surface area contributed by atoms with Crippen LogP contribution in [0.15, 0.2) is 9.31 Å². The fourth-order valence-electron chi connectivity index (χ4n) is 2.94. The first-order valence-electron chi connectivity index (χ1n) is 6.50. The molecule has 1 aromatic rings. The van der Waals surface area contributed by atoms with Crippen molar-refractivity contribution in [2.45, 2.75) is 51.7 Å². The monoisotopic (exact) mass is 287 g/mol. The fraction of sp³-hybridized carbons (Fsp3) is 0.692. The third-order valence-electron chi connectivity index (χ3n) is 3.78. The molecular formula is C13H21NO4S. The molecule has 1 saturated heterocycles. The van der Waals surface area contributed by atoms with Crippen LogP contribution in [0.2, 0.25) is 0 Å². The van der Waals surface area contributed by atoms with Gasteiger partial charge in [0.05, 0.1) is 6.61 Å². The van der Waals surface area contributed by atoms with E-state index >= 15 is 0 Å². The van der Waals surface area contributed by atoms with E-state index in [-0.39, 0.29) is 17.5 Å². The summed E-state index contributed by atoms with van der Waals surface area (Å²) in [5.41, 5.74) is 0.379. The minimum Gasteiger partial charge on any atom is -0.465 e. The summed E-state index contributed by atoms with van der Waals surface area (Å²) in [6, 6.07) is -0.0128. The summed E-state index contributed by atoms with van der Waals surface area (Å²) in [6.45, 7) is 7.47. The van der Waals surface area contributed by atoms with Crippen LogP contribution in [-0.4, -0.2) is 30.4 Å². The van der Waals surface area contributed by atoms with E-state index < -0.39 is 10.0 Å². The average Bonchev–Trinajstić information content (AvgIpc) is 2.78. The molecule has 0 saturated carbocycles. The van der Waals surface area contributed by atoms with E-state index in [1.54, 1.807) is 13.8 Å². The predicted octanol–water partition coefficient (Wildman–Crippen LogP) is 1.81. The maximum Gasteiger partial charge on any atom is 0.247 e. The lowest BCUT2D eigenvalue weighted by atomic mass is 10.1. The van der Waals surface area contributed by atoms with Crippen molar-refractivity contribution in [1.82, 2.24) is 4.31 Å². The summed E-state index contributed by atoms with van der Waals surface area (Å²) in [4.78, 5) is 0.147. The Morgan fingerprint density at radius 2 is 1.95 bits per heavy atom. The van der Waals surface area contributed by atoms with Gasteiger partial charge in [0.1, 0.15) is 16.4 Å². The van der Waals surface area contributed by atoms with Crippen LogP contribution in [0.3, 0.4) is 0 Å². The highest BCUT2D eigenvalue weighted by molar-refractivity contribution is 7.89. The Bertz CT molecular complexity index is 576. The molecule has 2 heterocycles. The fourth-order valence-corrected chi connectivity index (χ4v) is 5.11. The average molecular weight is 287 g/mol. The standard InChI is InChI=1S/C13H21NO4S/c1-8-5-9(2)14(6-8)19(16,17)13-11(4)18-10(3)12(13)7-15/h8-9,15H,5-7H2,1-4H3. The molecule has 0 spiro atoms. The van der Waals surface area contributed by atoms with Crippen LogP contribution in [0, 0.1) is 19.8 Å². The number of aliphatic hydroxyl groups is 1. The number of nitrogens with zero attached hydrogens (tertiary/aromatic N) is 1. The molecule has 1 fully saturated rings. The molecule has 0 bridgehead atoms. The van der Waals surface area contributed by atoms with Gasteiger partial charge in [-0.2, -0.15) is 4.31 Å². The molecule has 0 aromatic carbocycles. The topological polar surface area (TPSA) is 70.8 Å². The van der Waals surface area contributed by atoms with E-state index in [4.69, 9.17) is 4.42 Å². The molecule has 2 rings (SSSR count). The molecule has 0 amide bonds. The van der Waals surface area contributed by atoms with Gasteiger partial charge in [-0.1, -0.05) is 6.92 Å². The third kappa shape index (κ3) is 2.32. The van der Waals surface area contributed by atoms with Crippen molar-refractivity contribution < 1.29 is 17.9 Å². The van der Waals surface area contributed by atoms with Gasteiger partial charge in [-0.05, 0) is 33.1 Å². The molecule has 0 aliphatic carbocycles. The smallest absolute Gasteiger partial charge is 0.247 e. The Balaban J connectivity index is 2.51. The SMILES string of the molecule is Cc1oc(C)c(S(=O)(=O)N2CC(C)CC2C)c1CO. The second-order valence-corrected chi connectivity index (χ2v) is 7.27. The maximum absolute atomic E-state index is 12.8. The van der Waals surface area contributed by atoms with Gasteiger partial charge < -0.3 is 9.52 Å². The predicted molar refractivity (Wildman–Crippen MR) is 71.2 cm³/mol. The summed E-state index contributed by atoms with van der Waals surface area (Å²) < 4.78 is 32.4. The van der Waals surface area contributed by atoms with Crippen molar-refractivity contribution in [2.24, 2.45) is 5.92 Å². The highest BCUT2D eigenvalue weighted by atomic mass is 32.2. The summed E-state index contributed by atoms with van der Waals surface area (Å²) >= 11 is 0. The highest BCUT2D eigenvalue weighted by Crippen LogP contribution is 2.34. The Labute approximate surface area is 114 Å². The van der Waals surface area contributed by atoms with Gasteiger partial charge in [0, 0.05) is 18.2 Å². The van der Waals surface area contributed by atoms with E-state index in [2.05, 4.69) is 0 Å². The van der Waals surface area contributed by atoms with Gasteiger partial charge in [0.25, 0.3) is 0 Å². The lowest BCUT2D eigenvalue weighted by Gasteiger charge is -2.21. The van der Waals surface area contributed by atoms with Gasteiger partial charge in [-0.3, -0.25) is 0 Å². The van der Waals surface area contributed by atoms with Crippen molar-refractivity contribution in [3.63, 3.8) is 0 Å². The first kappa shape index (κ1) is 14.6. The summed E-state index contributed by atoms with van der Waals surface area (Å²) in [6.07, 6.45) is 0.865. The van der Waals surface area contributed by atoms with Crippen molar-refractivity contribution in [1.29, 1.82) is 0 Å². The van der Waals surface area contributed by atoms with E-state index in [1.807, 2.05) is 13.8 Å². The molecule has 6 heteroatoms. The Morgan fingerprint density at radius 1 is 1.32 bits per heavy atom. The first-order valence-corrected chi connectivity index (χ1v) is 7.94. The van der Waals surface area contributed by atoms with Crippen LogP contribution in [0.5, 0.6) is 0 Å². The van der Waals surface area contributed by atoms with E-state index in [0.717, 1.165) is 6.42 Å². The minimum absolute atomic E-state index is 0.0128. The van der Waals surface area contributed by atoms with Crippen molar-refractivity contribution >= 4 is 10.0 Å². The molecular weight excluding hydrogens is 266 g/mol. The molecule has 108 valence electrons. The molecule has 1 aliphatic heterocycles. The number of hydrogen-bond acceptors (Lipinski definition) is 4. The zero-order valence-corrected chi connectivity index (χ0v) is 12.6. The summed E-state index contributed by atoms with van der Waals surface area (Å²) in [5, 5.41) is 9.39.